The second kappa shape index (κ2) is 7.34. The van der Waals surface area contributed by atoms with Crippen LogP contribution in [0.2, 0.25) is 0 Å². The second-order valence-electron chi connectivity index (χ2n) is 5.79. The van der Waals surface area contributed by atoms with Crippen LogP contribution in [-0.2, 0) is 4.79 Å². The molecule has 1 unspecified atom stereocenters. The van der Waals surface area contributed by atoms with E-state index >= 15 is 0 Å². The molecule has 1 aliphatic carbocycles. The molecule has 18 heavy (non-hydrogen) atoms. The molecule has 0 aromatic rings. The first-order chi connectivity index (χ1) is 8.27. The Bertz CT molecular complexity index is 261. The summed E-state index contributed by atoms with van der Waals surface area (Å²) in [6.45, 7) is 5.34. The van der Waals surface area contributed by atoms with Crippen molar-refractivity contribution in [1.82, 2.24) is 10.6 Å². The van der Waals surface area contributed by atoms with Crippen molar-refractivity contribution in [2.75, 3.05) is 19.6 Å². The molecule has 1 saturated carbocycles. The largest absolute Gasteiger partial charge is 0.356 e. The molecular weight excluding hydrogens is 248 g/mol. The molecule has 0 aromatic heterocycles. The van der Waals surface area contributed by atoms with Crippen LogP contribution in [0.1, 0.15) is 51.9 Å². The highest BCUT2D eigenvalue weighted by Crippen LogP contribution is 2.49. The number of carbonyl (C=O) groups excluding carboxylic acids is 1. The lowest BCUT2D eigenvalue weighted by atomic mass is 9.95. The molecule has 106 valence electrons. The third kappa shape index (κ3) is 4.13. The van der Waals surface area contributed by atoms with Gasteiger partial charge in [-0.2, -0.15) is 0 Å². The van der Waals surface area contributed by atoms with E-state index in [1.807, 2.05) is 0 Å². The number of amides is 1. The minimum Gasteiger partial charge on any atom is -0.356 e. The second-order valence-corrected chi connectivity index (χ2v) is 5.79. The zero-order valence-corrected chi connectivity index (χ0v) is 12.3. The monoisotopic (exact) mass is 274 g/mol. The van der Waals surface area contributed by atoms with Crippen molar-refractivity contribution in [2.45, 2.75) is 51.9 Å². The molecule has 2 aliphatic rings. The molecule has 0 aromatic carbocycles. The molecule has 2 N–H and O–H groups in total. The Labute approximate surface area is 117 Å². The average Bonchev–Trinajstić information content (AvgIpc) is 3.12. The van der Waals surface area contributed by atoms with Crippen LogP contribution in [0.5, 0.6) is 0 Å². The zero-order chi connectivity index (χ0) is 12.1. The van der Waals surface area contributed by atoms with E-state index in [9.17, 15) is 4.79 Å². The standard InChI is InChI=1S/C14H26N2O.ClH/c1-2-6-14(7-8-14)13(17)16-10-5-12-4-3-9-15-11-12;/h12,15H,2-11H2,1H3,(H,16,17);1H. The van der Waals surface area contributed by atoms with Crippen LogP contribution in [0.3, 0.4) is 0 Å². The molecule has 1 atom stereocenters. The molecule has 0 radical (unpaired) electrons. The molecule has 3 nitrogen and oxygen atoms in total. The van der Waals surface area contributed by atoms with Gasteiger partial charge in [0.2, 0.25) is 5.91 Å². The summed E-state index contributed by atoms with van der Waals surface area (Å²) >= 11 is 0. The summed E-state index contributed by atoms with van der Waals surface area (Å²) in [4.78, 5) is 12.0. The van der Waals surface area contributed by atoms with Gasteiger partial charge in [0, 0.05) is 12.0 Å². The lowest BCUT2D eigenvalue weighted by molar-refractivity contribution is -0.126. The summed E-state index contributed by atoms with van der Waals surface area (Å²) in [5, 5.41) is 6.57. The zero-order valence-electron chi connectivity index (χ0n) is 11.5. The Hall–Kier alpha value is -0.280. The summed E-state index contributed by atoms with van der Waals surface area (Å²) in [6.07, 6.45) is 8.17. The van der Waals surface area contributed by atoms with Crippen molar-refractivity contribution in [1.29, 1.82) is 0 Å². The minimum absolute atomic E-state index is 0. The maximum atomic E-state index is 12.0. The van der Waals surface area contributed by atoms with Gasteiger partial charge in [0.1, 0.15) is 0 Å². The first kappa shape index (κ1) is 15.8. The van der Waals surface area contributed by atoms with E-state index in [0.29, 0.717) is 5.91 Å². The van der Waals surface area contributed by atoms with Crippen molar-refractivity contribution >= 4 is 18.3 Å². The van der Waals surface area contributed by atoms with Gasteiger partial charge in [0.15, 0.2) is 0 Å². The van der Waals surface area contributed by atoms with Crippen LogP contribution in [-0.4, -0.2) is 25.5 Å². The Morgan fingerprint density at radius 3 is 2.78 bits per heavy atom. The third-order valence-corrected chi connectivity index (χ3v) is 4.30. The fourth-order valence-electron chi connectivity index (χ4n) is 2.97. The maximum absolute atomic E-state index is 12.0. The maximum Gasteiger partial charge on any atom is 0.226 e. The van der Waals surface area contributed by atoms with Crippen LogP contribution in [0.4, 0.5) is 0 Å². The molecule has 2 rings (SSSR count). The Morgan fingerprint density at radius 1 is 1.44 bits per heavy atom. The molecule has 4 heteroatoms. The van der Waals surface area contributed by atoms with E-state index < -0.39 is 0 Å². The van der Waals surface area contributed by atoms with Gasteiger partial charge in [0.25, 0.3) is 0 Å². The summed E-state index contributed by atoms with van der Waals surface area (Å²) in [5.74, 6) is 1.09. The summed E-state index contributed by atoms with van der Waals surface area (Å²) in [6, 6.07) is 0. The van der Waals surface area contributed by atoms with Gasteiger partial charge in [-0.25, -0.2) is 0 Å². The van der Waals surface area contributed by atoms with Crippen molar-refractivity contribution in [2.24, 2.45) is 11.3 Å². The topological polar surface area (TPSA) is 41.1 Å². The van der Waals surface area contributed by atoms with Gasteiger partial charge in [-0.1, -0.05) is 13.3 Å². The van der Waals surface area contributed by atoms with Crippen LogP contribution < -0.4 is 10.6 Å². The predicted molar refractivity (Wildman–Crippen MR) is 77.0 cm³/mol. The Balaban J connectivity index is 0.00000162. The van der Waals surface area contributed by atoms with Gasteiger partial charge < -0.3 is 10.6 Å². The fourth-order valence-corrected chi connectivity index (χ4v) is 2.97. The summed E-state index contributed by atoms with van der Waals surface area (Å²) < 4.78 is 0. The Morgan fingerprint density at radius 2 is 2.22 bits per heavy atom. The van der Waals surface area contributed by atoms with Crippen LogP contribution in [0.25, 0.3) is 0 Å². The number of hydrogen-bond acceptors (Lipinski definition) is 2. The highest BCUT2D eigenvalue weighted by molar-refractivity contribution is 5.85. The predicted octanol–water partition coefficient (Wildman–Crippen LogP) is 2.49. The first-order valence-corrected chi connectivity index (χ1v) is 7.26. The minimum atomic E-state index is 0. The molecule has 0 bridgehead atoms. The molecule has 0 spiro atoms. The highest BCUT2D eigenvalue weighted by atomic mass is 35.5. The van der Waals surface area contributed by atoms with E-state index in [0.717, 1.165) is 51.1 Å². The van der Waals surface area contributed by atoms with Gasteiger partial charge in [-0.15, -0.1) is 12.4 Å². The quantitative estimate of drug-likeness (QED) is 0.781. The van der Waals surface area contributed by atoms with Crippen LogP contribution >= 0.6 is 12.4 Å². The van der Waals surface area contributed by atoms with Gasteiger partial charge in [0.05, 0.1) is 0 Å². The van der Waals surface area contributed by atoms with E-state index in [1.165, 1.54) is 19.4 Å². The van der Waals surface area contributed by atoms with Crippen LogP contribution in [0, 0.1) is 11.3 Å². The van der Waals surface area contributed by atoms with Gasteiger partial charge >= 0.3 is 0 Å². The normalized spacial score (nSPS) is 25.1. The lowest BCUT2D eigenvalue weighted by Crippen LogP contribution is -2.36. The smallest absolute Gasteiger partial charge is 0.226 e. The van der Waals surface area contributed by atoms with Crippen molar-refractivity contribution in [3.05, 3.63) is 0 Å². The highest BCUT2D eigenvalue weighted by Gasteiger charge is 2.48. The molecular formula is C14H27ClN2O. The van der Waals surface area contributed by atoms with E-state index in [2.05, 4.69) is 17.6 Å². The summed E-state index contributed by atoms with van der Waals surface area (Å²) in [5.41, 5.74) is 0.0412. The van der Waals surface area contributed by atoms with Crippen molar-refractivity contribution < 1.29 is 4.79 Å². The van der Waals surface area contributed by atoms with Crippen molar-refractivity contribution in [3.63, 3.8) is 0 Å². The Kier molecular flexibility index (Phi) is 6.44. The van der Waals surface area contributed by atoms with E-state index in [4.69, 9.17) is 0 Å². The fraction of sp³-hybridized carbons (Fsp3) is 0.929. The first-order valence-electron chi connectivity index (χ1n) is 7.26. The van der Waals surface area contributed by atoms with E-state index in [1.54, 1.807) is 0 Å². The number of rotatable bonds is 6. The van der Waals surface area contributed by atoms with Gasteiger partial charge in [-0.05, 0) is 57.5 Å². The number of hydrogen-bond donors (Lipinski definition) is 2. The van der Waals surface area contributed by atoms with Crippen molar-refractivity contribution in [3.8, 4) is 0 Å². The molecule has 1 heterocycles. The molecule has 2 fully saturated rings. The SMILES string of the molecule is CCCC1(C(=O)NCCC2CCCNC2)CC1.Cl. The average molecular weight is 275 g/mol. The van der Waals surface area contributed by atoms with E-state index in [-0.39, 0.29) is 17.8 Å². The number of halogens is 1. The molecule has 1 saturated heterocycles. The van der Waals surface area contributed by atoms with Gasteiger partial charge in [-0.3, -0.25) is 4.79 Å². The third-order valence-electron chi connectivity index (χ3n) is 4.30. The summed E-state index contributed by atoms with van der Waals surface area (Å²) in [7, 11) is 0. The number of piperidine rings is 1. The lowest BCUT2D eigenvalue weighted by Gasteiger charge is -2.23. The molecule has 1 amide bonds. The molecule has 1 aliphatic heterocycles. The van der Waals surface area contributed by atoms with Crippen LogP contribution in [0.15, 0.2) is 0 Å². The number of carbonyl (C=O) groups is 1. The number of nitrogens with one attached hydrogen (secondary N) is 2.